The second-order valence-corrected chi connectivity index (χ2v) is 4.82. The number of hydrogen-bond acceptors (Lipinski definition) is 3. The minimum atomic E-state index is 0.0343. The first kappa shape index (κ1) is 11.1. The highest BCUT2D eigenvalue weighted by Gasteiger charge is 2.12. The van der Waals surface area contributed by atoms with E-state index in [0.717, 1.165) is 16.6 Å². The van der Waals surface area contributed by atoms with Gasteiger partial charge in [0.2, 0.25) is 5.91 Å². The molecule has 2 rings (SSSR count). The summed E-state index contributed by atoms with van der Waals surface area (Å²) in [5, 5.41) is 3.54. The molecule has 0 fully saturated rings. The first-order chi connectivity index (χ1) is 7.70. The third kappa shape index (κ3) is 2.22. The maximum absolute atomic E-state index is 11.7. The largest absolute Gasteiger partial charge is 0.302 e. The minimum Gasteiger partial charge on any atom is -0.302 e. The molecule has 0 unspecified atom stereocenters. The quantitative estimate of drug-likeness (QED) is 0.885. The Hall–Kier alpha value is -1.42. The lowest BCUT2D eigenvalue weighted by Gasteiger charge is -2.06. The average molecular weight is 234 g/mol. The van der Waals surface area contributed by atoms with Gasteiger partial charge in [0.25, 0.3) is 0 Å². The molecule has 1 amide bonds. The van der Waals surface area contributed by atoms with Crippen LogP contribution in [0.1, 0.15) is 20.3 Å². The standard InChI is InChI=1S/C12H14N2OS/c1-3-8(2)11(15)14-12-13-9-6-4-5-7-10(9)16-12/h4-8H,3H2,1-2H3,(H,13,14,15)/t8-/m0/s1. The van der Waals surface area contributed by atoms with Crippen LogP contribution in [0.15, 0.2) is 24.3 Å². The minimum absolute atomic E-state index is 0.0343. The van der Waals surface area contributed by atoms with Gasteiger partial charge < -0.3 is 5.32 Å². The van der Waals surface area contributed by atoms with Crippen LogP contribution >= 0.6 is 11.3 Å². The van der Waals surface area contributed by atoms with E-state index in [9.17, 15) is 4.79 Å². The van der Waals surface area contributed by atoms with Gasteiger partial charge in [-0.1, -0.05) is 37.3 Å². The van der Waals surface area contributed by atoms with Crippen molar-refractivity contribution >= 4 is 32.6 Å². The Morgan fingerprint density at radius 2 is 2.25 bits per heavy atom. The number of carbonyl (C=O) groups is 1. The predicted molar refractivity (Wildman–Crippen MR) is 67.7 cm³/mol. The van der Waals surface area contributed by atoms with Crippen molar-refractivity contribution in [2.75, 3.05) is 5.32 Å². The van der Waals surface area contributed by atoms with Crippen LogP contribution in [0.4, 0.5) is 5.13 Å². The van der Waals surface area contributed by atoms with Gasteiger partial charge in [0, 0.05) is 5.92 Å². The van der Waals surface area contributed by atoms with Crippen molar-refractivity contribution in [2.24, 2.45) is 5.92 Å². The molecular weight excluding hydrogens is 220 g/mol. The zero-order valence-corrected chi connectivity index (χ0v) is 10.2. The summed E-state index contributed by atoms with van der Waals surface area (Å²) >= 11 is 1.51. The Balaban J connectivity index is 2.18. The normalized spacial score (nSPS) is 12.6. The molecule has 1 atom stereocenters. The number of thiazole rings is 1. The van der Waals surface area contributed by atoms with Gasteiger partial charge in [-0.05, 0) is 18.6 Å². The summed E-state index contributed by atoms with van der Waals surface area (Å²) in [6.07, 6.45) is 0.844. The van der Waals surface area contributed by atoms with Crippen LogP contribution in [-0.4, -0.2) is 10.9 Å². The first-order valence-electron chi connectivity index (χ1n) is 5.37. The van der Waals surface area contributed by atoms with Crippen LogP contribution < -0.4 is 5.32 Å². The molecule has 0 spiro atoms. The predicted octanol–water partition coefficient (Wildman–Crippen LogP) is 3.28. The molecule has 0 aliphatic rings. The van der Waals surface area contributed by atoms with Crippen LogP contribution in [0.3, 0.4) is 0 Å². The molecule has 0 bridgehead atoms. The van der Waals surface area contributed by atoms with E-state index in [1.807, 2.05) is 38.1 Å². The average Bonchev–Trinajstić information content (AvgIpc) is 2.69. The second-order valence-electron chi connectivity index (χ2n) is 3.79. The number of para-hydroxylation sites is 1. The fourth-order valence-corrected chi connectivity index (χ4v) is 2.21. The molecule has 4 heteroatoms. The molecule has 1 aromatic carbocycles. The maximum atomic E-state index is 11.7. The van der Waals surface area contributed by atoms with Crippen LogP contribution in [0.2, 0.25) is 0 Å². The number of anilines is 1. The molecule has 0 saturated carbocycles. The highest BCUT2D eigenvalue weighted by Crippen LogP contribution is 2.25. The summed E-state index contributed by atoms with van der Waals surface area (Å²) in [7, 11) is 0. The van der Waals surface area contributed by atoms with Gasteiger partial charge in [0.15, 0.2) is 5.13 Å². The Kier molecular flexibility index (Phi) is 3.19. The molecule has 2 aromatic rings. The molecule has 1 heterocycles. The van der Waals surface area contributed by atoms with Crippen LogP contribution in [-0.2, 0) is 4.79 Å². The topological polar surface area (TPSA) is 42.0 Å². The summed E-state index contributed by atoms with van der Waals surface area (Å²) in [6, 6.07) is 7.87. The number of amides is 1. The highest BCUT2D eigenvalue weighted by atomic mass is 32.1. The van der Waals surface area contributed by atoms with E-state index in [4.69, 9.17) is 0 Å². The number of benzene rings is 1. The SMILES string of the molecule is CC[C@H](C)C(=O)Nc1nc2ccccc2s1. The third-order valence-electron chi connectivity index (χ3n) is 2.58. The van der Waals surface area contributed by atoms with E-state index in [2.05, 4.69) is 10.3 Å². The van der Waals surface area contributed by atoms with Crippen LogP contribution in [0.5, 0.6) is 0 Å². The third-order valence-corrected chi connectivity index (χ3v) is 3.54. The van der Waals surface area contributed by atoms with E-state index < -0.39 is 0 Å². The van der Waals surface area contributed by atoms with Crippen molar-refractivity contribution < 1.29 is 4.79 Å². The van der Waals surface area contributed by atoms with E-state index in [-0.39, 0.29) is 11.8 Å². The maximum Gasteiger partial charge on any atom is 0.228 e. The van der Waals surface area contributed by atoms with E-state index in [1.54, 1.807) is 0 Å². The molecule has 1 N–H and O–H groups in total. The number of nitrogens with zero attached hydrogens (tertiary/aromatic N) is 1. The number of carbonyl (C=O) groups excluding carboxylic acids is 1. The van der Waals surface area contributed by atoms with E-state index in [0.29, 0.717) is 5.13 Å². The summed E-state index contributed by atoms with van der Waals surface area (Å²) in [6.45, 7) is 3.92. The van der Waals surface area contributed by atoms with Gasteiger partial charge in [-0.15, -0.1) is 0 Å². The second kappa shape index (κ2) is 4.61. The zero-order valence-electron chi connectivity index (χ0n) is 9.36. The van der Waals surface area contributed by atoms with Crippen molar-refractivity contribution in [2.45, 2.75) is 20.3 Å². The number of nitrogens with one attached hydrogen (secondary N) is 1. The van der Waals surface area contributed by atoms with Crippen LogP contribution in [0, 0.1) is 5.92 Å². The van der Waals surface area contributed by atoms with Gasteiger partial charge >= 0.3 is 0 Å². The lowest BCUT2D eigenvalue weighted by atomic mass is 10.1. The number of rotatable bonds is 3. The lowest BCUT2D eigenvalue weighted by Crippen LogP contribution is -2.19. The van der Waals surface area contributed by atoms with Gasteiger partial charge in [0.05, 0.1) is 10.2 Å². The van der Waals surface area contributed by atoms with Gasteiger partial charge in [-0.25, -0.2) is 4.98 Å². The Morgan fingerprint density at radius 3 is 2.94 bits per heavy atom. The molecule has 0 aliphatic carbocycles. The summed E-state index contributed by atoms with van der Waals surface area (Å²) in [4.78, 5) is 16.0. The van der Waals surface area contributed by atoms with Crippen LogP contribution in [0.25, 0.3) is 10.2 Å². The van der Waals surface area contributed by atoms with Gasteiger partial charge in [-0.2, -0.15) is 0 Å². The smallest absolute Gasteiger partial charge is 0.228 e. The molecule has 0 saturated heterocycles. The summed E-state index contributed by atoms with van der Waals surface area (Å²) in [5.74, 6) is 0.0774. The molecule has 16 heavy (non-hydrogen) atoms. The van der Waals surface area contributed by atoms with E-state index >= 15 is 0 Å². The van der Waals surface area contributed by atoms with Crippen molar-refractivity contribution in [3.8, 4) is 0 Å². The monoisotopic (exact) mass is 234 g/mol. The van der Waals surface area contributed by atoms with Gasteiger partial charge in [0.1, 0.15) is 0 Å². The first-order valence-corrected chi connectivity index (χ1v) is 6.18. The Bertz CT molecular complexity index is 473. The summed E-state index contributed by atoms with van der Waals surface area (Å²) in [5.41, 5.74) is 0.937. The Labute approximate surface area is 98.5 Å². The fraction of sp³-hybridized carbons (Fsp3) is 0.333. The molecule has 84 valence electrons. The van der Waals surface area contributed by atoms with Crippen molar-refractivity contribution in [3.05, 3.63) is 24.3 Å². The van der Waals surface area contributed by atoms with Crippen molar-refractivity contribution in [3.63, 3.8) is 0 Å². The molecule has 1 aromatic heterocycles. The zero-order chi connectivity index (χ0) is 11.5. The van der Waals surface area contributed by atoms with E-state index in [1.165, 1.54) is 11.3 Å². The molecule has 3 nitrogen and oxygen atoms in total. The molecule has 0 aliphatic heterocycles. The molecular formula is C12H14N2OS. The lowest BCUT2D eigenvalue weighted by molar-refractivity contribution is -0.119. The van der Waals surface area contributed by atoms with Gasteiger partial charge in [-0.3, -0.25) is 4.79 Å². The Morgan fingerprint density at radius 1 is 1.50 bits per heavy atom. The highest BCUT2D eigenvalue weighted by molar-refractivity contribution is 7.22. The number of aromatic nitrogens is 1. The summed E-state index contributed by atoms with van der Waals surface area (Å²) < 4.78 is 1.10. The molecule has 0 radical (unpaired) electrons. The van der Waals surface area contributed by atoms with Crippen molar-refractivity contribution in [1.82, 2.24) is 4.98 Å². The van der Waals surface area contributed by atoms with Crippen molar-refractivity contribution in [1.29, 1.82) is 0 Å². The fourth-order valence-electron chi connectivity index (χ4n) is 1.34. The number of hydrogen-bond donors (Lipinski definition) is 1. The number of fused-ring (bicyclic) bond motifs is 1.